The van der Waals surface area contributed by atoms with Crippen LogP contribution in [0.15, 0.2) is 0 Å². The summed E-state index contributed by atoms with van der Waals surface area (Å²) >= 11 is 44.3. The summed E-state index contributed by atoms with van der Waals surface area (Å²) in [4.78, 5) is 0. The van der Waals surface area contributed by atoms with Gasteiger partial charge in [-0.1, -0.05) is 104 Å². The smallest absolute Gasteiger partial charge is 0.198 e. The minimum atomic E-state index is -1.39. The van der Waals surface area contributed by atoms with Crippen LogP contribution in [0.1, 0.15) is 6.42 Å². The van der Waals surface area contributed by atoms with E-state index in [1.54, 1.807) is 6.07 Å². The molecule has 10 heteroatoms. The van der Waals surface area contributed by atoms with Crippen molar-refractivity contribution in [3.8, 4) is 6.07 Å². The van der Waals surface area contributed by atoms with Gasteiger partial charge in [0.05, 0.1) is 12.5 Å². The van der Waals surface area contributed by atoms with Crippen LogP contribution in [-0.2, 0) is 0 Å². The Morgan fingerprint density at radius 1 is 0.867 bits per heavy atom. The van der Waals surface area contributed by atoms with Crippen molar-refractivity contribution < 1.29 is 0 Å². The molecule has 0 aromatic carbocycles. The number of alkyl halides is 9. The molecule has 0 heterocycles. The molecule has 92 valence electrons. The summed E-state index contributed by atoms with van der Waals surface area (Å²) in [5.74, 6) is 0. The molecule has 0 aromatic heterocycles. The summed E-state index contributed by atoms with van der Waals surface area (Å²) in [7, 11) is 0. The number of nitriles is 1. The van der Waals surface area contributed by atoms with Crippen molar-refractivity contribution in [2.24, 2.45) is 0 Å². The lowest BCUT2D eigenvalue weighted by Crippen LogP contribution is -1.97. The molecular weight excluding hydrogens is 393 g/mol. The van der Waals surface area contributed by atoms with E-state index in [0.717, 1.165) is 0 Å². The van der Waals surface area contributed by atoms with E-state index in [-0.39, 0.29) is 6.42 Å². The molecular formula is C5H4Cl9N. The van der Waals surface area contributed by atoms with Crippen LogP contribution in [0.4, 0.5) is 0 Å². The Morgan fingerprint density at radius 2 is 1.07 bits per heavy atom. The van der Waals surface area contributed by atoms with Crippen molar-refractivity contribution >= 4 is 104 Å². The average Bonchev–Trinajstić information content (AvgIpc) is 1.79. The van der Waals surface area contributed by atoms with Gasteiger partial charge in [-0.3, -0.25) is 0 Å². The molecule has 0 amide bonds. The molecule has 1 nitrogen and oxygen atoms in total. The average molecular weight is 397 g/mol. The van der Waals surface area contributed by atoms with Gasteiger partial charge in [0.1, 0.15) is 0 Å². The normalized spacial score (nSPS) is 9.73. The van der Waals surface area contributed by atoms with Gasteiger partial charge in [-0.25, -0.2) is 0 Å². The molecule has 0 aromatic rings. The number of rotatable bonds is 0. The second-order valence-corrected chi connectivity index (χ2v) is 7.92. The van der Waals surface area contributed by atoms with Crippen molar-refractivity contribution in [3.05, 3.63) is 0 Å². The van der Waals surface area contributed by atoms with E-state index in [1.807, 2.05) is 0 Å². The van der Waals surface area contributed by atoms with Crippen LogP contribution in [0.5, 0.6) is 0 Å². The molecule has 0 rings (SSSR count). The van der Waals surface area contributed by atoms with Gasteiger partial charge in [0.2, 0.25) is 3.79 Å². The quantitative estimate of drug-likeness (QED) is 0.444. The van der Waals surface area contributed by atoms with Crippen molar-refractivity contribution in [1.29, 1.82) is 5.26 Å². The predicted molar refractivity (Wildman–Crippen MR) is 73.2 cm³/mol. The van der Waals surface area contributed by atoms with Crippen molar-refractivity contribution in [2.75, 3.05) is 0 Å². The highest BCUT2D eigenvalue weighted by atomic mass is 35.6. The highest BCUT2D eigenvalue weighted by Gasteiger charge is 2.17. The molecule has 0 bridgehead atoms. The molecule has 0 atom stereocenters. The second kappa shape index (κ2) is 14.2. The largest absolute Gasteiger partial charge is 0.203 e. The zero-order valence-electron chi connectivity index (χ0n) is 6.71. The minimum Gasteiger partial charge on any atom is -0.198 e. The molecule has 0 saturated carbocycles. The van der Waals surface area contributed by atoms with Gasteiger partial charge in [-0.05, 0) is 0 Å². The minimum absolute atomic E-state index is 0.0579. The van der Waals surface area contributed by atoms with E-state index in [4.69, 9.17) is 110 Å². The standard InChI is InChI=1S/C3H2Cl3N.2CHCl3/c4-3(5,6)1-2-7;2*2-1(3)4/h1H2;2*1H. The number of hydrogen-bond donors (Lipinski definition) is 0. The van der Waals surface area contributed by atoms with Gasteiger partial charge >= 0.3 is 0 Å². The summed E-state index contributed by atoms with van der Waals surface area (Å²) in [6.07, 6.45) is -0.0579. The topological polar surface area (TPSA) is 23.8 Å². The van der Waals surface area contributed by atoms with E-state index < -0.39 is 12.4 Å². The molecule has 0 saturated heterocycles. The fourth-order valence-corrected chi connectivity index (χ4v) is 0.269. The van der Waals surface area contributed by atoms with Gasteiger partial charge in [0.15, 0.2) is 8.59 Å². The summed E-state index contributed by atoms with van der Waals surface area (Å²) in [6, 6.07) is 1.71. The predicted octanol–water partition coefficient (Wildman–Crippen LogP) is 6.24. The lowest BCUT2D eigenvalue weighted by atomic mass is 10.5. The van der Waals surface area contributed by atoms with Crippen LogP contribution in [0.3, 0.4) is 0 Å². The maximum atomic E-state index is 7.90. The van der Waals surface area contributed by atoms with Gasteiger partial charge < -0.3 is 0 Å². The van der Waals surface area contributed by atoms with Gasteiger partial charge in [-0.2, -0.15) is 5.26 Å². The number of halogens is 9. The Balaban J connectivity index is -0.000000155. The highest BCUT2D eigenvalue weighted by Crippen LogP contribution is 2.28. The Kier molecular flexibility index (Phi) is 21.0. The molecule has 0 N–H and O–H groups in total. The first kappa shape index (κ1) is 22.3. The van der Waals surface area contributed by atoms with E-state index in [0.29, 0.717) is 0 Å². The van der Waals surface area contributed by atoms with E-state index in [1.165, 1.54) is 0 Å². The maximum Gasteiger partial charge on any atom is 0.203 e. The SMILES string of the molecule is ClC(Cl)Cl.ClC(Cl)Cl.N#CCC(Cl)(Cl)Cl. The van der Waals surface area contributed by atoms with Gasteiger partial charge in [-0.15, -0.1) is 0 Å². The fraction of sp³-hybridized carbons (Fsp3) is 0.800. The molecule has 0 radical (unpaired) electrons. The Morgan fingerprint density at radius 3 is 1.07 bits per heavy atom. The zero-order chi connectivity index (χ0) is 13.1. The number of nitrogens with zero attached hydrogens (tertiary/aromatic N) is 1. The van der Waals surface area contributed by atoms with Crippen molar-refractivity contribution in [3.63, 3.8) is 0 Å². The molecule has 0 aliphatic rings. The molecule has 0 aliphatic heterocycles. The third kappa shape index (κ3) is 86.0. The Hall–Kier alpha value is 2.10. The summed E-state index contributed by atoms with van der Waals surface area (Å²) in [6.45, 7) is 0. The lowest BCUT2D eigenvalue weighted by Gasteiger charge is -2.00. The van der Waals surface area contributed by atoms with E-state index >= 15 is 0 Å². The molecule has 0 spiro atoms. The van der Waals surface area contributed by atoms with Crippen molar-refractivity contribution in [1.82, 2.24) is 0 Å². The third-order valence-corrected chi connectivity index (χ3v) is 0.680. The third-order valence-electron chi connectivity index (χ3n) is 0.280. The van der Waals surface area contributed by atoms with Crippen LogP contribution in [-0.4, -0.2) is 12.4 Å². The highest BCUT2D eigenvalue weighted by molar-refractivity contribution is 6.67. The lowest BCUT2D eigenvalue weighted by molar-refractivity contribution is 1.08. The second-order valence-electron chi connectivity index (χ2n) is 1.44. The van der Waals surface area contributed by atoms with Crippen molar-refractivity contribution in [2.45, 2.75) is 18.8 Å². The number of hydrogen-bond acceptors (Lipinski definition) is 1. The first-order chi connectivity index (χ1) is 6.52. The van der Waals surface area contributed by atoms with E-state index in [9.17, 15) is 0 Å². The Bertz CT molecular complexity index is 145. The zero-order valence-corrected chi connectivity index (χ0v) is 13.5. The summed E-state index contributed by atoms with van der Waals surface area (Å²) in [5.41, 5.74) is 0. The summed E-state index contributed by atoms with van der Waals surface area (Å²) < 4.78 is -2.89. The summed E-state index contributed by atoms with van der Waals surface area (Å²) in [5, 5.41) is 7.90. The molecule has 0 unspecified atom stereocenters. The first-order valence-corrected chi connectivity index (χ1v) is 6.56. The molecule has 0 aliphatic carbocycles. The fourth-order valence-electron chi connectivity index (χ4n) is 0.0896. The van der Waals surface area contributed by atoms with E-state index in [2.05, 4.69) is 0 Å². The first-order valence-electron chi connectivity index (χ1n) is 2.81. The van der Waals surface area contributed by atoms with Crippen LogP contribution >= 0.6 is 104 Å². The Labute approximate surface area is 133 Å². The van der Waals surface area contributed by atoms with Crippen LogP contribution in [0.2, 0.25) is 0 Å². The molecule has 15 heavy (non-hydrogen) atoms. The van der Waals surface area contributed by atoms with Crippen LogP contribution in [0, 0.1) is 11.3 Å². The maximum absolute atomic E-state index is 7.90. The van der Waals surface area contributed by atoms with Crippen LogP contribution in [0.25, 0.3) is 0 Å². The van der Waals surface area contributed by atoms with Crippen LogP contribution < -0.4 is 0 Å². The van der Waals surface area contributed by atoms with Gasteiger partial charge in [0, 0.05) is 0 Å². The molecule has 0 fully saturated rings. The monoisotopic (exact) mass is 393 g/mol. The van der Waals surface area contributed by atoms with Gasteiger partial charge in [0.25, 0.3) is 0 Å².